The van der Waals surface area contributed by atoms with Gasteiger partial charge >= 0.3 is 0 Å². The molecule has 10 heteroatoms. The second-order valence-electron chi connectivity index (χ2n) is 6.69. The van der Waals surface area contributed by atoms with Crippen LogP contribution < -0.4 is 24.8 Å². The van der Waals surface area contributed by atoms with Crippen LogP contribution in [0.2, 0.25) is 0 Å². The minimum absolute atomic E-state index is 0.0450. The number of carbonyl (C=O) groups is 2. The lowest BCUT2D eigenvalue weighted by Gasteiger charge is -2.07. The highest BCUT2D eigenvalue weighted by Gasteiger charge is 2.16. The maximum absolute atomic E-state index is 12.4. The zero-order valence-corrected chi connectivity index (χ0v) is 16.6. The minimum atomic E-state index is -0.309. The number of aromatic nitrogens is 3. The average molecular weight is 423 g/mol. The van der Waals surface area contributed by atoms with Crippen molar-refractivity contribution >= 4 is 17.5 Å². The number of nitrogens with zero attached hydrogens (tertiary/aromatic N) is 3. The molecule has 0 unspecified atom stereocenters. The van der Waals surface area contributed by atoms with Gasteiger partial charge in [0.2, 0.25) is 12.7 Å². The van der Waals surface area contributed by atoms with Crippen molar-refractivity contribution in [1.29, 1.82) is 0 Å². The quantitative estimate of drug-likeness (QED) is 0.505. The molecule has 0 atom stereocenters. The number of carbonyl (C=O) groups excluding carboxylic acids is 2. The van der Waals surface area contributed by atoms with E-state index in [1.165, 1.54) is 10.9 Å². The van der Waals surface area contributed by atoms with Gasteiger partial charge in [0.25, 0.3) is 5.91 Å². The number of anilines is 1. The van der Waals surface area contributed by atoms with E-state index in [0.29, 0.717) is 48.1 Å². The molecule has 31 heavy (non-hydrogen) atoms. The van der Waals surface area contributed by atoms with Crippen LogP contribution in [0.4, 0.5) is 5.69 Å². The molecule has 1 aliphatic rings. The highest BCUT2D eigenvalue weighted by Crippen LogP contribution is 2.32. The van der Waals surface area contributed by atoms with Crippen molar-refractivity contribution in [2.75, 3.05) is 25.3 Å². The minimum Gasteiger partial charge on any atom is -0.492 e. The second-order valence-corrected chi connectivity index (χ2v) is 6.69. The maximum atomic E-state index is 12.4. The molecule has 0 fully saturated rings. The van der Waals surface area contributed by atoms with Gasteiger partial charge < -0.3 is 24.8 Å². The van der Waals surface area contributed by atoms with Gasteiger partial charge in [0.05, 0.1) is 24.7 Å². The van der Waals surface area contributed by atoms with Crippen LogP contribution in [0.1, 0.15) is 16.8 Å². The number of hydrogen-bond donors (Lipinski definition) is 2. The fraction of sp³-hybridized carbons (Fsp3) is 0.238. The van der Waals surface area contributed by atoms with E-state index in [9.17, 15) is 9.59 Å². The molecule has 10 nitrogen and oxygen atoms in total. The Morgan fingerprint density at radius 2 is 2.06 bits per heavy atom. The molecule has 0 saturated carbocycles. The predicted octanol–water partition coefficient (Wildman–Crippen LogP) is 1.84. The summed E-state index contributed by atoms with van der Waals surface area (Å²) in [5.74, 6) is 1.35. The predicted molar refractivity (Wildman–Crippen MR) is 110 cm³/mol. The Labute approximate surface area is 178 Å². The molecule has 0 saturated heterocycles. The number of hydrogen-bond acceptors (Lipinski definition) is 7. The fourth-order valence-electron chi connectivity index (χ4n) is 2.88. The van der Waals surface area contributed by atoms with E-state index in [-0.39, 0.29) is 25.2 Å². The van der Waals surface area contributed by atoms with Gasteiger partial charge in [-0.3, -0.25) is 19.3 Å². The number of fused-ring (bicyclic) bond motifs is 1. The summed E-state index contributed by atoms with van der Waals surface area (Å²) in [5.41, 5.74) is 0.920. The van der Waals surface area contributed by atoms with E-state index >= 15 is 0 Å². The number of nitrogens with one attached hydrogen (secondary N) is 2. The zero-order chi connectivity index (χ0) is 21.5. The monoisotopic (exact) mass is 423 g/mol. The largest absolute Gasteiger partial charge is 0.492 e. The zero-order valence-electron chi connectivity index (χ0n) is 16.6. The molecule has 4 rings (SSSR count). The number of benzene rings is 1. The van der Waals surface area contributed by atoms with Crippen LogP contribution in [0.15, 0.2) is 55.1 Å². The highest BCUT2D eigenvalue weighted by molar-refractivity contribution is 6.04. The smallest absolute Gasteiger partial charge is 0.255 e. The molecule has 0 spiro atoms. The van der Waals surface area contributed by atoms with Crippen LogP contribution in [-0.4, -0.2) is 46.5 Å². The third-order valence-corrected chi connectivity index (χ3v) is 4.38. The van der Waals surface area contributed by atoms with Gasteiger partial charge in [-0.15, -0.1) is 0 Å². The Bertz CT molecular complexity index is 1050. The maximum Gasteiger partial charge on any atom is 0.255 e. The second kappa shape index (κ2) is 9.61. The molecule has 1 aliphatic heterocycles. The number of pyridine rings is 1. The molecule has 3 aromatic rings. The standard InChI is InChI=1S/C21H21N5O5/c27-20(23-7-2-8-29-17-3-1-6-22-11-17)13-26-12-16(10-24-26)25-21(28)15-4-5-18-19(9-15)31-14-30-18/h1,3-6,9-12H,2,7-8,13-14H2,(H,23,27)(H,25,28). The first-order chi connectivity index (χ1) is 15.2. The number of rotatable bonds is 9. The molecule has 0 aliphatic carbocycles. The van der Waals surface area contributed by atoms with E-state index in [4.69, 9.17) is 14.2 Å². The first-order valence-corrected chi connectivity index (χ1v) is 9.70. The molecule has 160 valence electrons. The van der Waals surface area contributed by atoms with Gasteiger partial charge in [-0.25, -0.2) is 0 Å². The van der Waals surface area contributed by atoms with Gasteiger partial charge in [-0.05, 0) is 36.8 Å². The van der Waals surface area contributed by atoms with Crippen molar-refractivity contribution in [3.8, 4) is 17.2 Å². The first-order valence-electron chi connectivity index (χ1n) is 9.70. The normalized spacial score (nSPS) is 11.7. The van der Waals surface area contributed by atoms with Gasteiger partial charge in [0.15, 0.2) is 11.5 Å². The van der Waals surface area contributed by atoms with Crippen LogP contribution in [0.5, 0.6) is 17.2 Å². The van der Waals surface area contributed by atoms with Crippen molar-refractivity contribution in [3.05, 3.63) is 60.7 Å². The van der Waals surface area contributed by atoms with E-state index < -0.39 is 0 Å². The Balaban J connectivity index is 1.19. The molecule has 2 aromatic heterocycles. The van der Waals surface area contributed by atoms with Gasteiger partial charge in [0, 0.05) is 24.5 Å². The Kier molecular flexibility index (Phi) is 6.26. The Morgan fingerprint density at radius 3 is 2.94 bits per heavy atom. The summed E-state index contributed by atoms with van der Waals surface area (Å²) < 4.78 is 17.5. The van der Waals surface area contributed by atoms with E-state index in [0.717, 1.165) is 0 Å². The molecule has 2 N–H and O–H groups in total. The topological polar surface area (TPSA) is 117 Å². The van der Waals surface area contributed by atoms with Crippen LogP contribution >= 0.6 is 0 Å². The first kappa shape index (κ1) is 20.2. The van der Waals surface area contributed by atoms with E-state index in [1.54, 1.807) is 42.9 Å². The van der Waals surface area contributed by atoms with E-state index in [2.05, 4.69) is 20.7 Å². The van der Waals surface area contributed by atoms with Gasteiger partial charge in [0.1, 0.15) is 12.3 Å². The molecule has 0 bridgehead atoms. The molecule has 2 amide bonds. The highest BCUT2D eigenvalue weighted by atomic mass is 16.7. The van der Waals surface area contributed by atoms with Gasteiger partial charge in [-0.1, -0.05) is 0 Å². The van der Waals surface area contributed by atoms with Crippen LogP contribution in [0, 0.1) is 0 Å². The lowest BCUT2D eigenvalue weighted by atomic mass is 10.2. The van der Waals surface area contributed by atoms with Crippen molar-refractivity contribution in [1.82, 2.24) is 20.1 Å². The molecule has 1 aromatic carbocycles. The van der Waals surface area contributed by atoms with Crippen LogP contribution in [-0.2, 0) is 11.3 Å². The lowest BCUT2D eigenvalue weighted by Crippen LogP contribution is -2.29. The summed E-state index contributed by atoms with van der Waals surface area (Å²) in [6, 6.07) is 8.58. The van der Waals surface area contributed by atoms with E-state index in [1.807, 2.05) is 6.07 Å². The summed E-state index contributed by atoms with van der Waals surface area (Å²) in [4.78, 5) is 28.5. The summed E-state index contributed by atoms with van der Waals surface area (Å²) in [7, 11) is 0. The summed E-state index contributed by atoms with van der Waals surface area (Å²) >= 11 is 0. The van der Waals surface area contributed by atoms with Crippen molar-refractivity contribution in [3.63, 3.8) is 0 Å². The summed E-state index contributed by atoms with van der Waals surface area (Å²) in [6.07, 6.45) is 7.06. The Morgan fingerprint density at radius 1 is 1.16 bits per heavy atom. The average Bonchev–Trinajstić information content (AvgIpc) is 3.43. The third kappa shape index (κ3) is 5.50. The van der Waals surface area contributed by atoms with Crippen LogP contribution in [0.25, 0.3) is 0 Å². The SMILES string of the molecule is O=C(Cn1cc(NC(=O)c2ccc3c(c2)OCO3)cn1)NCCCOc1cccnc1. The van der Waals surface area contributed by atoms with Crippen LogP contribution in [0.3, 0.4) is 0 Å². The van der Waals surface area contributed by atoms with Crippen molar-refractivity contribution in [2.24, 2.45) is 0 Å². The lowest BCUT2D eigenvalue weighted by molar-refractivity contribution is -0.121. The number of ether oxygens (including phenoxy) is 3. The Hall–Kier alpha value is -4.08. The molecular formula is C21H21N5O5. The van der Waals surface area contributed by atoms with Crippen molar-refractivity contribution in [2.45, 2.75) is 13.0 Å². The molecular weight excluding hydrogens is 402 g/mol. The van der Waals surface area contributed by atoms with Gasteiger partial charge in [-0.2, -0.15) is 5.10 Å². The molecule has 3 heterocycles. The number of amides is 2. The fourth-order valence-corrected chi connectivity index (χ4v) is 2.88. The summed E-state index contributed by atoms with van der Waals surface area (Å²) in [6.45, 7) is 1.15. The van der Waals surface area contributed by atoms with Crippen molar-refractivity contribution < 1.29 is 23.8 Å². The summed E-state index contributed by atoms with van der Waals surface area (Å²) in [5, 5.41) is 9.66. The third-order valence-electron chi connectivity index (χ3n) is 4.38. The molecule has 0 radical (unpaired) electrons.